The van der Waals surface area contributed by atoms with Crippen LogP contribution >= 0.6 is 0 Å². The first kappa shape index (κ1) is 8.99. The molecule has 1 aromatic rings. The van der Waals surface area contributed by atoms with Gasteiger partial charge in [-0.25, -0.2) is 4.79 Å². The van der Waals surface area contributed by atoms with Gasteiger partial charge in [-0.3, -0.25) is 4.79 Å². The van der Waals surface area contributed by atoms with Crippen molar-refractivity contribution in [2.24, 2.45) is 0 Å². The van der Waals surface area contributed by atoms with E-state index in [1.54, 1.807) is 10.6 Å². The molecule has 0 fully saturated rings. The highest BCUT2D eigenvalue weighted by molar-refractivity contribution is 5.97. The van der Waals surface area contributed by atoms with Crippen LogP contribution in [0.3, 0.4) is 0 Å². The fraction of sp³-hybridized carbons (Fsp3) is 0.400. The maximum Gasteiger partial charge on any atom is 0.352 e. The quantitative estimate of drug-likeness (QED) is 0.736. The minimum Gasteiger partial charge on any atom is -0.477 e. The zero-order valence-corrected chi connectivity index (χ0v) is 7.69. The first-order valence-corrected chi connectivity index (χ1v) is 4.66. The highest BCUT2D eigenvalue weighted by Gasteiger charge is 2.20. The van der Waals surface area contributed by atoms with Gasteiger partial charge < -0.3 is 9.67 Å². The van der Waals surface area contributed by atoms with Crippen LogP contribution in [0.5, 0.6) is 0 Å². The van der Waals surface area contributed by atoms with Gasteiger partial charge in [-0.05, 0) is 25.0 Å². The third-order valence-corrected chi connectivity index (χ3v) is 2.52. The highest BCUT2D eigenvalue weighted by atomic mass is 16.4. The molecule has 1 aliphatic heterocycles. The molecule has 2 rings (SSSR count). The molecule has 0 aliphatic carbocycles. The molecule has 1 aromatic heterocycles. The van der Waals surface area contributed by atoms with Crippen LogP contribution < -0.4 is 0 Å². The number of fused-ring (bicyclic) bond motifs is 1. The third-order valence-electron chi connectivity index (χ3n) is 2.52. The Bertz CT molecular complexity index is 392. The minimum atomic E-state index is -0.967. The summed E-state index contributed by atoms with van der Waals surface area (Å²) < 4.78 is 1.61. The summed E-state index contributed by atoms with van der Waals surface area (Å²) >= 11 is 0. The van der Waals surface area contributed by atoms with E-state index >= 15 is 0 Å². The van der Waals surface area contributed by atoms with Gasteiger partial charge in [-0.1, -0.05) is 0 Å². The van der Waals surface area contributed by atoms with Gasteiger partial charge in [0, 0.05) is 13.0 Å². The molecule has 0 amide bonds. The lowest BCUT2D eigenvalue weighted by Gasteiger charge is -2.05. The summed E-state index contributed by atoms with van der Waals surface area (Å²) in [5.74, 6) is -0.916. The van der Waals surface area contributed by atoms with E-state index < -0.39 is 5.97 Å². The minimum absolute atomic E-state index is 0.0509. The zero-order valence-electron chi connectivity index (χ0n) is 7.69. The van der Waals surface area contributed by atoms with Gasteiger partial charge in [-0.2, -0.15) is 0 Å². The number of ketones is 1. The largest absolute Gasteiger partial charge is 0.477 e. The lowest BCUT2D eigenvalue weighted by atomic mass is 10.2. The normalized spacial score (nSPS) is 16.1. The summed E-state index contributed by atoms with van der Waals surface area (Å²) in [7, 11) is 0. The van der Waals surface area contributed by atoms with E-state index in [9.17, 15) is 9.59 Å². The molecule has 1 aliphatic rings. The maximum absolute atomic E-state index is 11.5. The van der Waals surface area contributed by atoms with Gasteiger partial charge in [0.1, 0.15) is 5.69 Å². The second-order valence-electron chi connectivity index (χ2n) is 3.44. The Kier molecular flexibility index (Phi) is 2.11. The van der Waals surface area contributed by atoms with Crippen LogP contribution in [0.25, 0.3) is 0 Å². The van der Waals surface area contributed by atoms with Crippen LogP contribution in [0.4, 0.5) is 0 Å². The fourth-order valence-corrected chi connectivity index (χ4v) is 1.82. The SMILES string of the molecule is O=C(O)c1ccc2n1CCCCC2=O. The monoisotopic (exact) mass is 193 g/mol. The maximum atomic E-state index is 11.5. The van der Waals surface area contributed by atoms with Gasteiger partial charge in [0.25, 0.3) is 0 Å². The lowest BCUT2D eigenvalue weighted by molar-refractivity contribution is 0.0685. The van der Waals surface area contributed by atoms with Crippen molar-refractivity contribution in [2.75, 3.05) is 0 Å². The Morgan fingerprint density at radius 3 is 2.86 bits per heavy atom. The Balaban J connectivity index is 2.50. The molecule has 4 heteroatoms. The number of hydrogen-bond donors (Lipinski definition) is 1. The molecular formula is C10H11NO3. The number of Topliss-reactive ketones (excluding diaryl/α,β-unsaturated/α-hetero) is 1. The number of rotatable bonds is 1. The van der Waals surface area contributed by atoms with E-state index in [0.29, 0.717) is 18.7 Å². The van der Waals surface area contributed by atoms with Gasteiger partial charge in [0.2, 0.25) is 0 Å². The Morgan fingerprint density at radius 2 is 2.14 bits per heavy atom. The van der Waals surface area contributed by atoms with Crippen molar-refractivity contribution in [3.63, 3.8) is 0 Å². The summed E-state index contributed by atoms with van der Waals surface area (Å²) in [5, 5.41) is 8.88. The summed E-state index contributed by atoms with van der Waals surface area (Å²) in [6.45, 7) is 0.635. The van der Waals surface area contributed by atoms with Crippen molar-refractivity contribution >= 4 is 11.8 Å². The van der Waals surface area contributed by atoms with Gasteiger partial charge in [-0.15, -0.1) is 0 Å². The Labute approximate surface area is 81.2 Å². The summed E-state index contributed by atoms with van der Waals surface area (Å²) in [6, 6.07) is 3.11. The summed E-state index contributed by atoms with van der Waals surface area (Å²) in [6.07, 6.45) is 2.25. The van der Waals surface area contributed by atoms with Crippen molar-refractivity contribution < 1.29 is 14.7 Å². The molecule has 0 saturated heterocycles. The second kappa shape index (κ2) is 3.29. The van der Waals surface area contributed by atoms with Crippen LogP contribution in [0.1, 0.15) is 40.2 Å². The average Bonchev–Trinajstić information content (AvgIpc) is 2.48. The van der Waals surface area contributed by atoms with Crippen molar-refractivity contribution in [3.8, 4) is 0 Å². The number of nitrogens with zero attached hydrogens (tertiary/aromatic N) is 1. The lowest BCUT2D eigenvalue weighted by Crippen LogP contribution is -2.11. The first-order chi connectivity index (χ1) is 6.70. The van der Waals surface area contributed by atoms with Crippen molar-refractivity contribution in [2.45, 2.75) is 25.8 Å². The molecule has 14 heavy (non-hydrogen) atoms. The molecule has 2 heterocycles. The highest BCUT2D eigenvalue weighted by Crippen LogP contribution is 2.18. The predicted molar refractivity (Wildman–Crippen MR) is 49.6 cm³/mol. The fourth-order valence-electron chi connectivity index (χ4n) is 1.82. The zero-order chi connectivity index (χ0) is 10.1. The number of carboxylic acids is 1. The summed E-state index contributed by atoms with van der Waals surface area (Å²) in [4.78, 5) is 22.3. The number of carbonyl (C=O) groups excluding carboxylic acids is 1. The molecule has 0 spiro atoms. The van der Waals surface area contributed by atoms with E-state index in [2.05, 4.69) is 0 Å². The number of aromatic carboxylic acids is 1. The van der Waals surface area contributed by atoms with Crippen LogP contribution in [0.2, 0.25) is 0 Å². The number of carbonyl (C=O) groups is 2. The molecule has 0 unspecified atom stereocenters. The number of carboxylic acid groups (broad SMARTS) is 1. The smallest absolute Gasteiger partial charge is 0.352 e. The van der Waals surface area contributed by atoms with Crippen molar-refractivity contribution in [3.05, 3.63) is 23.5 Å². The topological polar surface area (TPSA) is 59.3 Å². The second-order valence-corrected chi connectivity index (χ2v) is 3.44. The third kappa shape index (κ3) is 1.32. The molecule has 1 N–H and O–H groups in total. The molecule has 0 aromatic carbocycles. The van der Waals surface area contributed by atoms with Crippen LogP contribution in [-0.2, 0) is 6.54 Å². The summed E-state index contributed by atoms with van der Waals surface area (Å²) in [5.41, 5.74) is 0.759. The molecule has 74 valence electrons. The van der Waals surface area contributed by atoms with Crippen molar-refractivity contribution in [1.29, 1.82) is 0 Å². The van der Waals surface area contributed by atoms with Crippen molar-refractivity contribution in [1.82, 2.24) is 4.57 Å². The first-order valence-electron chi connectivity index (χ1n) is 4.66. The Hall–Kier alpha value is -1.58. The van der Waals surface area contributed by atoms with Crippen LogP contribution in [-0.4, -0.2) is 21.4 Å². The molecular weight excluding hydrogens is 182 g/mol. The molecule has 0 bridgehead atoms. The molecule has 0 saturated carbocycles. The molecule has 0 radical (unpaired) electrons. The predicted octanol–water partition coefficient (Wildman–Crippen LogP) is 1.55. The molecule has 4 nitrogen and oxygen atoms in total. The van der Waals surface area contributed by atoms with Gasteiger partial charge in [0.05, 0.1) is 5.69 Å². The standard InChI is InChI=1S/C10H11NO3/c12-9-3-1-2-6-11-7(9)4-5-8(11)10(13)14/h4-5H,1-3,6H2,(H,13,14). The van der Waals surface area contributed by atoms with E-state index in [1.165, 1.54) is 6.07 Å². The van der Waals surface area contributed by atoms with Crippen LogP contribution in [0, 0.1) is 0 Å². The average molecular weight is 193 g/mol. The molecule has 0 atom stereocenters. The number of hydrogen-bond acceptors (Lipinski definition) is 2. The van der Waals surface area contributed by atoms with E-state index in [4.69, 9.17) is 5.11 Å². The van der Waals surface area contributed by atoms with E-state index in [0.717, 1.165) is 12.8 Å². The van der Waals surface area contributed by atoms with Gasteiger partial charge in [0.15, 0.2) is 5.78 Å². The van der Waals surface area contributed by atoms with E-state index in [1.807, 2.05) is 0 Å². The Morgan fingerprint density at radius 1 is 1.36 bits per heavy atom. The van der Waals surface area contributed by atoms with Gasteiger partial charge >= 0.3 is 5.97 Å². The number of aromatic nitrogens is 1. The van der Waals surface area contributed by atoms with Crippen LogP contribution in [0.15, 0.2) is 12.1 Å². The van der Waals surface area contributed by atoms with E-state index in [-0.39, 0.29) is 11.5 Å².